The van der Waals surface area contributed by atoms with Crippen molar-refractivity contribution in [3.05, 3.63) is 131 Å². The van der Waals surface area contributed by atoms with Gasteiger partial charge in [-0.15, -0.1) is 0 Å². The molecule has 44 heavy (non-hydrogen) atoms. The summed E-state index contributed by atoms with van der Waals surface area (Å²) in [6.07, 6.45) is 1.70. The zero-order valence-corrected chi connectivity index (χ0v) is 23.5. The predicted molar refractivity (Wildman–Crippen MR) is 155 cm³/mol. The topological polar surface area (TPSA) is 22.1 Å². The largest absolute Gasteiger partial charge is 0.432 e. The molecule has 0 saturated carbocycles. The number of aryl methyl sites for hydroxylation is 1. The Balaban J connectivity index is 1.34. The quantitative estimate of drug-likeness (QED) is 0.116. The molecule has 0 amide bonds. The lowest BCUT2D eigenvalue weighted by atomic mass is 9.97. The van der Waals surface area contributed by atoms with E-state index in [2.05, 4.69) is 22.7 Å². The second-order valence-electron chi connectivity index (χ2n) is 10.3. The number of pyridine rings is 1. The lowest BCUT2D eigenvalue weighted by Gasteiger charge is -2.20. The molecular formula is C35H26F7NO. The van der Waals surface area contributed by atoms with Crippen molar-refractivity contribution in [1.82, 2.24) is 4.98 Å². The minimum atomic E-state index is -4.59. The number of nitrogens with zero attached hydrogens (tertiary/aromatic N) is 1. The maximum Gasteiger partial charge on any atom is 0.432 e. The molecule has 2 nitrogen and oxygen atoms in total. The van der Waals surface area contributed by atoms with Crippen LogP contribution in [0.5, 0.6) is 5.75 Å². The van der Waals surface area contributed by atoms with Gasteiger partial charge in [0.25, 0.3) is 0 Å². The first-order valence-electron chi connectivity index (χ1n) is 13.9. The summed E-state index contributed by atoms with van der Waals surface area (Å²) in [7, 11) is 0. The average molecular weight is 610 g/mol. The van der Waals surface area contributed by atoms with Crippen LogP contribution in [0.4, 0.5) is 30.7 Å². The van der Waals surface area contributed by atoms with Crippen molar-refractivity contribution in [3.63, 3.8) is 0 Å². The second kappa shape index (κ2) is 12.9. The van der Waals surface area contributed by atoms with Crippen LogP contribution < -0.4 is 4.74 Å². The number of hydrogen-bond donors (Lipinski definition) is 0. The molecule has 9 heteroatoms. The molecule has 5 rings (SSSR count). The maximum atomic E-state index is 15.2. The molecule has 226 valence electrons. The molecule has 0 aliphatic rings. The molecule has 0 unspecified atom stereocenters. The van der Waals surface area contributed by atoms with Gasteiger partial charge in [0.05, 0.1) is 5.69 Å². The summed E-state index contributed by atoms with van der Waals surface area (Å²) in [6.45, 7) is 2.16. The monoisotopic (exact) mass is 609 g/mol. The van der Waals surface area contributed by atoms with Crippen molar-refractivity contribution in [2.45, 2.75) is 38.7 Å². The molecule has 0 radical (unpaired) electrons. The van der Waals surface area contributed by atoms with Crippen molar-refractivity contribution in [3.8, 4) is 39.3 Å². The second-order valence-corrected chi connectivity index (χ2v) is 10.3. The standard InChI is InChI=1S/C35H26F7NO/c1-2-3-4-5-21-6-15-33(43-20-21)23-9-7-22(8-10-23)24-11-13-27(29(37)16-24)25-17-31(39)34(32(40)18-25)35(41,42)44-26-12-14-28(36)30(38)19-26/h6-20H,2-5H2,1H3. The first kappa shape index (κ1) is 30.8. The Bertz CT molecular complexity index is 1750. The van der Waals surface area contributed by atoms with E-state index in [4.69, 9.17) is 0 Å². The van der Waals surface area contributed by atoms with Crippen LogP contribution in [-0.4, -0.2) is 4.98 Å². The molecule has 0 N–H and O–H groups in total. The third-order valence-electron chi connectivity index (χ3n) is 7.16. The van der Waals surface area contributed by atoms with E-state index in [1.165, 1.54) is 24.1 Å². The van der Waals surface area contributed by atoms with Gasteiger partial charge in [0, 0.05) is 23.4 Å². The SMILES string of the molecule is CCCCCc1ccc(-c2ccc(-c3ccc(-c4cc(F)c(C(F)(F)Oc5ccc(F)c(F)c5)c(F)c4)c(F)c3)cc2)nc1. The third-order valence-corrected chi connectivity index (χ3v) is 7.16. The highest BCUT2D eigenvalue weighted by atomic mass is 19.3. The summed E-state index contributed by atoms with van der Waals surface area (Å²) in [5, 5.41) is 0. The van der Waals surface area contributed by atoms with Gasteiger partial charge < -0.3 is 4.74 Å². The normalized spacial score (nSPS) is 11.5. The fourth-order valence-electron chi connectivity index (χ4n) is 4.83. The number of unbranched alkanes of at least 4 members (excludes halogenated alkanes) is 2. The van der Waals surface area contributed by atoms with Crippen molar-refractivity contribution in [1.29, 1.82) is 0 Å². The first-order valence-corrected chi connectivity index (χ1v) is 13.9. The Morgan fingerprint density at radius 1 is 0.614 bits per heavy atom. The molecule has 0 saturated heterocycles. The zero-order valence-electron chi connectivity index (χ0n) is 23.5. The van der Waals surface area contributed by atoms with Crippen LogP contribution in [0.2, 0.25) is 0 Å². The Morgan fingerprint density at radius 2 is 1.27 bits per heavy atom. The van der Waals surface area contributed by atoms with E-state index in [1.54, 1.807) is 18.2 Å². The van der Waals surface area contributed by atoms with Crippen LogP contribution in [0.3, 0.4) is 0 Å². The fourth-order valence-corrected chi connectivity index (χ4v) is 4.83. The highest BCUT2D eigenvalue weighted by Gasteiger charge is 2.41. The lowest BCUT2D eigenvalue weighted by Crippen LogP contribution is -2.25. The molecule has 0 bridgehead atoms. The van der Waals surface area contributed by atoms with E-state index >= 15 is 4.39 Å². The fraction of sp³-hybridized carbons (Fsp3) is 0.171. The number of benzene rings is 4. The van der Waals surface area contributed by atoms with Gasteiger partial charge in [0.15, 0.2) is 11.6 Å². The molecule has 5 aromatic rings. The van der Waals surface area contributed by atoms with Crippen molar-refractivity contribution >= 4 is 0 Å². The highest BCUT2D eigenvalue weighted by molar-refractivity contribution is 5.73. The van der Waals surface area contributed by atoms with Crippen LogP contribution in [-0.2, 0) is 12.5 Å². The molecule has 1 aromatic heterocycles. The van der Waals surface area contributed by atoms with Crippen LogP contribution in [0.1, 0.15) is 37.3 Å². The third kappa shape index (κ3) is 6.77. The van der Waals surface area contributed by atoms with E-state index < -0.39 is 46.5 Å². The molecule has 0 aliphatic heterocycles. The van der Waals surface area contributed by atoms with E-state index in [9.17, 15) is 26.3 Å². The minimum Gasteiger partial charge on any atom is -0.429 e. The summed E-state index contributed by atoms with van der Waals surface area (Å²) in [6, 6.07) is 18.0. The number of hydrogen-bond acceptors (Lipinski definition) is 2. The summed E-state index contributed by atoms with van der Waals surface area (Å²) in [5.74, 6) is -7.90. The Morgan fingerprint density at radius 3 is 1.89 bits per heavy atom. The number of alkyl halides is 2. The predicted octanol–water partition coefficient (Wildman–Crippen LogP) is 10.6. The first-order chi connectivity index (χ1) is 21.1. The van der Waals surface area contributed by atoms with Gasteiger partial charge in [0.2, 0.25) is 0 Å². The minimum absolute atomic E-state index is 0.220. The zero-order chi connectivity index (χ0) is 31.4. The van der Waals surface area contributed by atoms with Crippen LogP contribution in [0.15, 0.2) is 91.1 Å². The Labute approximate surface area is 249 Å². The number of halogens is 7. The Kier molecular flexibility index (Phi) is 9.04. The summed E-state index contributed by atoms with van der Waals surface area (Å²) >= 11 is 0. The average Bonchev–Trinajstić information content (AvgIpc) is 2.99. The van der Waals surface area contributed by atoms with Gasteiger partial charge in [-0.3, -0.25) is 4.98 Å². The van der Waals surface area contributed by atoms with Gasteiger partial charge in [-0.1, -0.05) is 62.2 Å². The van der Waals surface area contributed by atoms with Gasteiger partial charge in [-0.25, -0.2) is 22.0 Å². The summed E-state index contributed by atoms with van der Waals surface area (Å²) in [4.78, 5) is 4.55. The van der Waals surface area contributed by atoms with E-state index in [-0.39, 0.29) is 11.1 Å². The van der Waals surface area contributed by atoms with E-state index in [1.807, 2.05) is 24.4 Å². The molecule has 0 spiro atoms. The summed E-state index contributed by atoms with van der Waals surface area (Å²) in [5.41, 5.74) is 1.71. The van der Waals surface area contributed by atoms with Crippen LogP contribution in [0.25, 0.3) is 33.5 Å². The van der Waals surface area contributed by atoms with Crippen molar-refractivity contribution < 1.29 is 35.5 Å². The molecular weight excluding hydrogens is 583 g/mol. The van der Waals surface area contributed by atoms with Gasteiger partial charge >= 0.3 is 6.11 Å². The molecule has 0 atom stereocenters. The van der Waals surface area contributed by atoms with Crippen molar-refractivity contribution in [2.24, 2.45) is 0 Å². The molecule has 1 heterocycles. The summed E-state index contributed by atoms with van der Waals surface area (Å²) < 4.78 is 105. The number of rotatable bonds is 10. The smallest absolute Gasteiger partial charge is 0.429 e. The number of ether oxygens (including phenoxy) is 1. The highest BCUT2D eigenvalue weighted by Crippen LogP contribution is 2.38. The van der Waals surface area contributed by atoms with Crippen LogP contribution in [0, 0.1) is 29.1 Å². The van der Waals surface area contributed by atoms with Gasteiger partial charge in [0.1, 0.15) is 28.8 Å². The lowest BCUT2D eigenvalue weighted by molar-refractivity contribution is -0.189. The van der Waals surface area contributed by atoms with E-state index in [0.29, 0.717) is 41.5 Å². The Hall–Kier alpha value is -4.66. The molecule has 4 aromatic carbocycles. The maximum absolute atomic E-state index is 15.2. The van der Waals surface area contributed by atoms with Crippen molar-refractivity contribution in [2.75, 3.05) is 0 Å². The number of aromatic nitrogens is 1. The molecule has 0 fully saturated rings. The van der Waals surface area contributed by atoms with E-state index in [0.717, 1.165) is 30.5 Å². The van der Waals surface area contributed by atoms with Gasteiger partial charge in [-0.2, -0.15) is 8.78 Å². The molecule has 0 aliphatic carbocycles. The van der Waals surface area contributed by atoms with Gasteiger partial charge in [-0.05, 0) is 71.5 Å². The van der Waals surface area contributed by atoms with Crippen LogP contribution >= 0.6 is 0 Å².